The Hall–Kier alpha value is -1.57. The number of ketones is 1. The summed E-state index contributed by atoms with van der Waals surface area (Å²) in [5.41, 5.74) is 3.20. The monoisotopic (exact) mass is 230 g/mol. The van der Waals surface area contributed by atoms with Gasteiger partial charge in [0.25, 0.3) is 0 Å². The molecule has 2 rings (SSSR count). The lowest BCUT2D eigenvalue weighted by Crippen LogP contribution is -1.97. The van der Waals surface area contributed by atoms with Gasteiger partial charge in [-0.3, -0.25) is 4.79 Å². The lowest BCUT2D eigenvalue weighted by molar-refractivity contribution is -0.114. The molecule has 0 amide bonds. The van der Waals surface area contributed by atoms with Crippen molar-refractivity contribution in [2.75, 3.05) is 7.11 Å². The summed E-state index contributed by atoms with van der Waals surface area (Å²) in [6.07, 6.45) is 2.35. The van der Waals surface area contributed by atoms with E-state index >= 15 is 0 Å². The standard InChI is InChI=1S/C15H18O2/c1-4-11-8-12(5-6-15(11)17-3)13-7-10(2)14(16)9-13/h5-6,8,13H,2,4,7,9H2,1,3H3. The van der Waals surface area contributed by atoms with Gasteiger partial charge in [0.15, 0.2) is 5.78 Å². The molecule has 2 nitrogen and oxygen atoms in total. The first-order chi connectivity index (χ1) is 8.15. The summed E-state index contributed by atoms with van der Waals surface area (Å²) in [5, 5.41) is 0. The summed E-state index contributed by atoms with van der Waals surface area (Å²) < 4.78 is 5.31. The van der Waals surface area contributed by atoms with Gasteiger partial charge in [-0.2, -0.15) is 0 Å². The van der Waals surface area contributed by atoms with Crippen molar-refractivity contribution < 1.29 is 9.53 Å². The van der Waals surface area contributed by atoms with Gasteiger partial charge in [-0.25, -0.2) is 0 Å². The largest absolute Gasteiger partial charge is 0.496 e. The van der Waals surface area contributed by atoms with Crippen LogP contribution >= 0.6 is 0 Å². The number of methoxy groups -OCH3 is 1. The van der Waals surface area contributed by atoms with Gasteiger partial charge >= 0.3 is 0 Å². The lowest BCUT2D eigenvalue weighted by atomic mass is 9.94. The topological polar surface area (TPSA) is 26.3 Å². The summed E-state index contributed by atoms with van der Waals surface area (Å²) in [6, 6.07) is 6.23. The molecule has 1 aromatic carbocycles. The SMILES string of the molecule is C=C1CC(c2ccc(OC)c(CC)c2)CC1=O. The number of carbonyl (C=O) groups is 1. The number of Topliss-reactive ketones (excluding diaryl/α,β-unsaturated/α-hetero) is 1. The highest BCUT2D eigenvalue weighted by Crippen LogP contribution is 2.36. The molecule has 0 spiro atoms. The average molecular weight is 230 g/mol. The van der Waals surface area contributed by atoms with E-state index in [0.29, 0.717) is 12.3 Å². The Morgan fingerprint density at radius 3 is 2.71 bits per heavy atom. The Morgan fingerprint density at radius 1 is 1.41 bits per heavy atom. The Balaban J connectivity index is 2.28. The van der Waals surface area contributed by atoms with Crippen LogP contribution in [0.5, 0.6) is 5.75 Å². The number of rotatable bonds is 3. The molecular weight excluding hydrogens is 212 g/mol. The number of hydrogen-bond acceptors (Lipinski definition) is 2. The van der Waals surface area contributed by atoms with Gasteiger partial charge < -0.3 is 4.74 Å². The number of benzene rings is 1. The predicted molar refractivity (Wildman–Crippen MR) is 68.5 cm³/mol. The first kappa shape index (κ1) is 11.9. The maximum atomic E-state index is 11.5. The third-order valence-electron chi connectivity index (χ3n) is 3.48. The van der Waals surface area contributed by atoms with Crippen molar-refractivity contribution in [2.24, 2.45) is 0 Å². The van der Waals surface area contributed by atoms with Crippen LogP contribution in [0.3, 0.4) is 0 Å². The van der Waals surface area contributed by atoms with Crippen LogP contribution in [-0.4, -0.2) is 12.9 Å². The molecule has 0 aliphatic heterocycles. The molecule has 1 aliphatic carbocycles. The summed E-state index contributed by atoms with van der Waals surface area (Å²) in [4.78, 5) is 11.5. The van der Waals surface area contributed by atoms with Gasteiger partial charge in [-0.05, 0) is 41.5 Å². The van der Waals surface area contributed by atoms with Crippen LogP contribution in [-0.2, 0) is 11.2 Å². The minimum atomic E-state index is 0.212. The van der Waals surface area contributed by atoms with Crippen molar-refractivity contribution in [1.29, 1.82) is 0 Å². The van der Waals surface area contributed by atoms with E-state index in [1.54, 1.807) is 7.11 Å². The highest BCUT2D eigenvalue weighted by atomic mass is 16.5. The Morgan fingerprint density at radius 2 is 2.18 bits per heavy atom. The third kappa shape index (κ3) is 2.26. The fourth-order valence-electron chi connectivity index (χ4n) is 2.42. The quantitative estimate of drug-likeness (QED) is 0.745. The van der Waals surface area contributed by atoms with Crippen LogP contribution in [0.25, 0.3) is 0 Å². The van der Waals surface area contributed by atoms with E-state index in [0.717, 1.165) is 24.2 Å². The van der Waals surface area contributed by atoms with E-state index in [4.69, 9.17) is 4.74 Å². The van der Waals surface area contributed by atoms with Crippen LogP contribution in [0.4, 0.5) is 0 Å². The van der Waals surface area contributed by atoms with Crippen LogP contribution in [0.1, 0.15) is 36.8 Å². The van der Waals surface area contributed by atoms with Crippen LogP contribution in [0.2, 0.25) is 0 Å². The van der Waals surface area contributed by atoms with Crippen molar-refractivity contribution in [2.45, 2.75) is 32.1 Å². The second-order valence-electron chi connectivity index (χ2n) is 4.56. The molecule has 0 bridgehead atoms. The van der Waals surface area contributed by atoms with Crippen molar-refractivity contribution in [1.82, 2.24) is 0 Å². The van der Waals surface area contributed by atoms with E-state index in [1.807, 2.05) is 6.07 Å². The molecule has 17 heavy (non-hydrogen) atoms. The number of allylic oxidation sites excluding steroid dienone is 1. The maximum absolute atomic E-state index is 11.5. The summed E-state index contributed by atoms with van der Waals surface area (Å²) >= 11 is 0. The van der Waals surface area contributed by atoms with E-state index in [9.17, 15) is 4.79 Å². The molecule has 1 unspecified atom stereocenters. The number of carbonyl (C=O) groups excluding carboxylic acids is 1. The van der Waals surface area contributed by atoms with Gasteiger partial charge in [0.1, 0.15) is 5.75 Å². The summed E-state index contributed by atoms with van der Waals surface area (Å²) in [6.45, 7) is 5.92. The van der Waals surface area contributed by atoms with Crippen molar-refractivity contribution in [3.8, 4) is 5.75 Å². The Kier molecular flexibility index (Phi) is 3.32. The zero-order valence-corrected chi connectivity index (χ0v) is 10.5. The summed E-state index contributed by atoms with van der Waals surface area (Å²) in [5.74, 6) is 1.45. The molecule has 1 saturated carbocycles. The predicted octanol–water partition coefficient (Wildman–Crippen LogP) is 3.26. The van der Waals surface area contributed by atoms with E-state index in [-0.39, 0.29) is 5.78 Å². The molecule has 1 aliphatic rings. The highest BCUT2D eigenvalue weighted by Gasteiger charge is 2.27. The van der Waals surface area contributed by atoms with Crippen LogP contribution in [0, 0.1) is 0 Å². The highest BCUT2D eigenvalue weighted by molar-refractivity contribution is 5.97. The number of aryl methyl sites for hydroxylation is 1. The number of hydrogen-bond donors (Lipinski definition) is 0. The normalized spacial score (nSPS) is 19.8. The molecule has 2 heteroatoms. The fourth-order valence-corrected chi connectivity index (χ4v) is 2.42. The van der Waals surface area contributed by atoms with Crippen LogP contribution in [0.15, 0.2) is 30.4 Å². The van der Waals surface area contributed by atoms with E-state index in [1.165, 1.54) is 11.1 Å². The number of ether oxygens (including phenoxy) is 1. The van der Waals surface area contributed by atoms with Gasteiger partial charge in [0, 0.05) is 6.42 Å². The second kappa shape index (κ2) is 4.74. The summed E-state index contributed by atoms with van der Waals surface area (Å²) in [7, 11) is 1.69. The maximum Gasteiger partial charge on any atom is 0.158 e. The second-order valence-corrected chi connectivity index (χ2v) is 4.56. The smallest absolute Gasteiger partial charge is 0.158 e. The molecule has 0 heterocycles. The van der Waals surface area contributed by atoms with Gasteiger partial charge in [-0.15, -0.1) is 0 Å². The van der Waals surface area contributed by atoms with Crippen molar-refractivity contribution in [3.63, 3.8) is 0 Å². The molecule has 1 atom stereocenters. The van der Waals surface area contributed by atoms with Gasteiger partial charge in [0.05, 0.1) is 7.11 Å². The molecule has 1 aromatic rings. The third-order valence-corrected chi connectivity index (χ3v) is 3.48. The van der Waals surface area contributed by atoms with Crippen molar-refractivity contribution in [3.05, 3.63) is 41.5 Å². The van der Waals surface area contributed by atoms with Gasteiger partial charge in [0.2, 0.25) is 0 Å². The zero-order chi connectivity index (χ0) is 12.4. The molecule has 90 valence electrons. The van der Waals surface area contributed by atoms with Gasteiger partial charge in [-0.1, -0.05) is 25.6 Å². The van der Waals surface area contributed by atoms with E-state index < -0.39 is 0 Å². The van der Waals surface area contributed by atoms with Crippen molar-refractivity contribution >= 4 is 5.78 Å². The molecule has 0 saturated heterocycles. The lowest BCUT2D eigenvalue weighted by Gasteiger charge is -2.13. The van der Waals surface area contributed by atoms with E-state index in [2.05, 4.69) is 25.6 Å². The fraction of sp³-hybridized carbons (Fsp3) is 0.400. The first-order valence-corrected chi connectivity index (χ1v) is 6.03. The van der Waals surface area contributed by atoms with Crippen LogP contribution < -0.4 is 4.74 Å². The molecule has 1 fully saturated rings. The minimum Gasteiger partial charge on any atom is -0.496 e. The molecular formula is C15H18O2. The molecule has 0 N–H and O–H groups in total. The Bertz CT molecular complexity index is 444. The Labute approximate surface area is 102 Å². The molecule has 0 aromatic heterocycles. The first-order valence-electron chi connectivity index (χ1n) is 6.03. The average Bonchev–Trinajstić information content (AvgIpc) is 2.68. The zero-order valence-electron chi connectivity index (χ0n) is 10.5. The molecule has 0 radical (unpaired) electrons. The minimum absolute atomic E-state index is 0.212.